The van der Waals surface area contributed by atoms with Crippen molar-refractivity contribution in [1.82, 2.24) is 0 Å². The molecule has 0 radical (unpaired) electrons. The van der Waals surface area contributed by atoms with Crippen LogP contribution in [0.4, 0.5) is 0 Å². The van der Waals surface area contributed by atoms with E-state index in [1.807, 2.05) is 0 Å². The fourth-order valence-corrected chi connectivity index (χ4v) is 2.48. The van der Waals surface area contributed by atoms with Gasteiger partial charge in [0.1, 0.15) is 0 Å². The minimum atomic E-state index is -0.784. The van der Waals surface area contributed by atoms with Crippen molar-refractivity contribution in [3.8, 4) is 28.7 Å². The van der Waals surface area contributed by atoms with E-state index in [0.717, 1.165) is 5.56 Å². The largest absolute Gasteiger partial charge is 0.504 e. The lowest BCUT2D eigenvalue weighted by Gasteiger charge is -2.17. The Kier molecular flexibility index (Phi) is 5.76. The number of benzene rings is 2. The summed E-state index contributed by atoms with van der Waals surface area (Å²) >= 11 is 0. The first-order valence-electron chi connectivity index (χ1n) is 7.37. The van der Waals surface area contributed by atoms with E-state index >= 15 is 0 Å². The predicted octanol–water partition coefficient (Wildman–Crippen LogP) is 2.70. The van der Waals surface area contributed by atoms with Crippen LogP contribution in [-0.4, -0.2) is 38.7 Å². The van der Waals surface area contributed by atoms with Gasteiger partial charge in [0.25, 0.3) is 0 Å². The van der Waals surface area contributed by atoms with Crippen LogP contribution in [-0.2, 0) is 6.42 Å². The lowest BCUT2D eigenvalue weighted by atomic mass is 10.00. The number of aromatic hydroxyl groups is 1. The molecule has 0 spiro atoms. The molecule has 1 atom stereocenters. The van der Waals surface area contributed by atoms with Crippen molar-refractivity contribution in [2.45, 2.75) is 12.5 Å². The second kappa shape index (κ2) is 7.79. The Bertz CT molecular complexity index is 673. The number of hydrogen-bond acceptors (Lipinski definition) is 6. The van der Waals surface area contributed by atoms with Gasteiger partial charge in [0.2, 0.25) is 5.75 Å². The standard InChI is InChI=1S/C18H22O6/c1-21-15-8-11(5-6-13(15)19)7-14(20)12-9-16(22-2)18(24-4)17(10-12)23-3/h5-6,8-10,14,19-20H,7H2,1-4H3. The topological polar surface area (TPSA) is 77.4 Å². The molecular weight excluding hydrogens is 312 g/mol. The number of hydrogen-bond donors (Lipinski definition) is 2. The van der Waals surface area contributed by atoms with E-state index in [1.54, 1.807) is 24.3 Å². The molecule has 0 aromatic heterocycles. The maximum Gasteiger partial charge on any atom is 0.203 e. The van der Waals surface area contributed by atoms with Gasteiger partial charge in [-0.1, -0.05) is 6.07 Å². The molecule has 2 aromatic rings. The van der Waals surface area contributed by atoms with Crippen molar-refractivity contribution in [3.63, 3.8) is 0 Å². The molecule has 2 N–H and O–H groups in total. The van der Waals surface area contributed by atoms with E-state index in [9.17, 15) is 10.2 Å². The third-order valence-corrected chi connectivity index (χ3v) is 3.75. The normalized spacial score (nSPS) is 11.7. The van der Waals surface area contributed by atoms with Gasteiger partial charge in [0, 0.05) is 6.42 Å². The summed E-state index contributed by atoms with van der Waals surface area (Å²) < 4.78 is 21.0. The van der Waals surface area contributed by atoms with Crippen LogP contribution in [0.25, 0.3) is 0 Å². The van der Waals surface area contributed by atoms with Gasteiger partial charge in [-0.05, 0) is 35.4 Å². The highest BCUT2D eigenvalue weighted by molar-refractivity contribution is 5.54. The maximum atomic E-state index is 10.6. The van der Waals surface area contributed by atoms with E-state index < -0.39 is 6.10 Å². The third-order valence-electron chi connectivity index (χ3n) is 3.75. The van der Waals surface area contributed by atoms with Crippen LogP contribution in [0.1, 0.15) is 17.2 Å². The highest BCUT2D eigenvalue weighted by atomic mass is 16.5. The van der Waals surface area contributed by atoms with Crippen LogP contribution >= 0.6 is 0 Å². The number of aliphatic hydroxyl groups excluding tert-OH is 1. The molecule has 0 aliphatic heterocycles. The van der Waals surface area contributed by atoms with Gasteiger partial charge in [-0.25, -0.2) is 0 Å². The van der Waals surface area contributed by atoms with Crippen molar-refractivity contribution < 1.29 is 29.2 Å². The molecule has 0 amide bonds. The summed E-state index contributed by atoms with van der Waals surface area (Å²) in [5, 5.41) is 20.2. The van der Waals surface area contributed by atoms with Crippen molar-refractivity contribution in [2.75, 3.05) is 28.4 Å². The first-order valence-corrected chi connectivity index (χ1v) is 7.37. The second-order valence-electron chi connectivity index (χ2n) is 5.18. The highest BCUT2D eigenvalue weighted by Crippen LogP contribution is 2.40. The van der Waals surface area contributed by atoms with Gasteiger partial charge in [-0.3, -0.25) is 0 Å². The number of rotatable bonds is 7. The molecule has 2 aromatic carbocycles. The molecule has 1 unspecified atom stereocenters. The lowest BCUT2D eigenvalue weighted by molar-refractivity contribution is 0.177. The summed E-state index contributed by atoms with van der Waals surface area (Å²) in [5.74, 6) is 1.86. The molecule has 6 heteroatoms. The van der Waals surface area contributed by atoms with E-state index in [2.05, 4.69) is 0 Å². The summed E-state index contributed by atoms with van der Waals surface area (Å²) in [4.78, 5) is 0. The zero-order valence-electron chi connectivity index (χ0n) is 14.2. The first-order chi connectivity index (χ1) is 11.5. The quantitative estimate of drug-likeness (QED) is 0.811. The zero-order chi connectivity index (χ0) is 17.7. The zero-order valence-corrected chi connectivity index (χ0v) is 14.2. The molecule has 0 saturated heterocycles. The molecule has 0 aliphatic carbocycles. The van der Waals surface area contributed by atoms with Crippen molar-refractivity contribution >= 4 is 0 Å². The lowest BCUT2D eigenvalue weighted by Crippen LogP contribution is -2.04. The second-order valence-corrected chi connectivity index (χ2v) is 5.18. The summed E-state index contributed by atoms with van der Waals surface area (Å²) in [6, 6.07) is 8.39. The molecule has 0 bridgehead atoms. The summed E-state index contributed by atoms with van der Waals surface area (Å²) in [7, 11) is 6.06. The van der Waals surface area contributed by atoms with Crippen LogP contribution in [0, 0.1) is 0 Å². The van der Waals surface area contributed by atoms with Crippen LogP contribution in [0.15, 0.2) is 30.3 Å². The van der Waals surface area contributed by atoms with Crippen molar-refractivity contribution in [2.24, 2.45) is 0 Å². The van der Waals surface area contributed by atoms with Crippen LogP contribution in [0.2, 0.25) is 0 Å². The van der Waals surface area contributed by atoms with E-state index in [0.29, 0.717) is 35.0 Å². The molecule has 130 valence electrons. The average molecular weight is 334 g/mol. The van der Waals surface area contributed by atoms with Gasteiger partial charge < -0.3 is 29.2 Å². The minimum Gasteiger partial charge on any atom is -0.504 e. The Hall–Kier alpha value is -2.60. The van der Waals surface area contributed by atoms with E-state index in [4.69, 9.17) is 18.9 Å². The molecule has 6 nitrogen and oxygen atoms in total. The molecular formula is C18H22O6. The van der Waals surface area contributed by atoms with Gasteiger partial charge in [-0.15, -0.1) is 0 Å². The number of phenolic OH excluding ortho intramolecular Hbond substituents is 1. The maximum absolute atomic E-state index is 10.6. The van der Waals surface area contributed by atoms with Gasteiger partial charge in [0.15, 0.2) is 23.0 Å². The molecule has 2 rings (SSSR count). The van der Waals surface area contributed by atoms with Crippen molar-refractivity contribution in [1.29, 1.82) is 0 Å². The van der Waals surface area contributed by atoms with Crippen LogP contribution in [0.3, 0.4) is 0 Å². The average Bonchev–Trinajstić information content (AvgIpc) is 2.61. The fraction of sp³-hybridized carbons (Fsp3) is 0.333. The van der Waals surface area contributed by atoms with Crippen molar-refractivity contribution in [3.05, 3.63) is 41.5 Å². The Morgan fingerprint density at radius 1 is 0.833 bits per heavy atom. The van der Waals surface area contributed by atoms with Gasteiger partial charge >= 0.3 is 0 Å². The number of phenols is 1. The Labute approximate surface area is 141 Å². The van der Waals surface area contributed by atoms with Crippen LogP contribution in [0.5, 0.6) is 28.7 Å². The molecule has 0 fully saturated rings. The van der Waals surface area contributed by atoms with E-state index in [1.165, 1.54) is 34.5 Å². The number of methoxy groups -OCH3 is 4. The molecule has 0 aliphatic rings. The highest BCUT2D eigenvalue weighted by Gasteiger charge is 2.18. The van der Waals surface area contributed by atoms with Gasteiger partial charge in [0.05, 0.1) is 34.5 Å². The third kappa shape index (κ3) is 3.65. The Balaban J connectivity index is 2.31. The molecule has 24 heavy (non-hydrogen) atoms. The first kappa shape index (κ1) is 17.7. The smallest absolute Gasteiger partial charge is 0.203 e. The van der Waals surface area contributed by atoms with Gasteiger partial charge in [-0.2, -0.15) is 0 Å². The SMILES string of the molecule is COc1cc(CC(O)c2cc(OC)c(OC)c(OC)c2)ccc1O. The number of ether oxygens (including phenoxy) is 4. The summed E-state index contributed by atoms with van der Waals surface area (Å²) in [6.45, 7) is 0. The van der Waals surface area contributed by atoms with E-state index in [-0.39, 0.29) is 5.75 Å². The summed E-state index contributed by atoms with van der Waals surface area (Å²) in [6.07, 6.45) is -0.442. The van der Waals surface area contributed by atoms with Crippen LogP contribution < -0.4 is 18.9 Å². The molecule has 0 saturated carbocycles. The summed E-state index contributed by atoms with van der Waals surface area (Å²) in [5.41, 5.74) is 1.46. The Morgan fingerprint density at radius 3 is 1.92 bits per heavy atom. The fourth-order valence-electron chi connectivity index (χ4n) is 2.48. The number of aliphatic hydroxyl groups is 1. The Morgan fingerprint density at radius 2 is 1.42 bits per heavy atom. The minimum absolute atomic E-state index is 0.0588. The molecule has 0 heterocycles. The monoisotopic (exact) mass is 334 g/mol. The predicted molar refractivity (Wildman–Crippen MR) is 89.4 cm³/mol.